The van der Waals surface area contributed by atoms with E-state index in [0.29, 0.717) is 23.6 Å². The highest BCUT2D eigenvalue weighted by molar-refractivity contribution is 5.93. The van der Waals surface area contributed by atoms with Crippen LogP contribution < -0.4 is 15.2 Å². The first-order valence-electron chi connectivity index (χ1n) is 5.26. The zero-order valence-corrected chi connectivity index (χ0v) is 10.2. The zero-order chi connectivity index (χ0) is 12.8. The summed E-state index contributed by atoms with van der Waals surface area (Å²) >= 11 is 0. The van der Waals surface area contributed by atoms with Crippen molar-refractivity contribution in [1.82, 2.24) is 0 Å². The molecule has 0 aliphatic rings. The number of hydrogen-bond donors (Lipinski definition) is 1. The number of nitrogens with two attached hydrogens (primary N) is 1. The van der Waals surface area contributed by atoms with Crippen molar-refractivity contribution in [2.45, 2.75) is 13.0 Å². The van der Waals surface area contributed by atoms with Crippen molar-refractivity contribution in [1.29, 1.82) is 0 Å². The summed E-state index contributed by atoms with van der Waals surface area (Å²) in [4.78, 5) is 11.6. The van der Waals surface area contributed by atoms with Crippen LogP contribution in [0.1, 0.15) is 17.3 Å². The molecule has 0 amide bonds. The maximum Gasteiger partial charge on any atom is 0.341 e. The Morgan fingerprint density at radius 1 is 1.41 bits per heavy atom. The maximum atomic E-state index is 11.6. The lowest BCUT2D eigenvalue weighted by atomic mass is 10.2. The van der Waals surface area contributed by atoms with E-state index in [2.05, 4.69) is 4.74 Å². The second-order valence-electron chi connectivity index (χ2n) is 3.49. The Hall–Kier alpha value is -1.75. The normalized spacial score (nSPS) is 11.8. The van der Waals surface area contributed by atoms with Gasteiger partial charge in [-0.1, -0.05) is 6.07 Å². The van der Waals surface area contributed by atoms with E-state index < -0.39 is 5.97 Å². The van der Waals surface area contributed by atoms with Gasteiger partial charge < -0.3 is 19.9 Å². The molecule has 1 unspecified atom stereocenters. The first-order chi connectivity index (χ1) is 8.13. The van der Waals surface area contributed by atoms with Crippen LogP contribution in [0.3, 0.4) is 0 Å². The van der Waals surface area contributed by atoms with Crippen LogP contribution in [0.5, 0.6) is 11.5 Å². The average Bonchev–Trinajstić information content (AvgIpc) is 2.37. The van der Waals surface area contributed by atoms with Gasteiger partial charge in [0.2, 0.25) is 0 Å². The molecule has 2 N–H and O–H groups in total. The van der Waals surface area contributed by atoms with E-state index in [9.17, 15) is 4.79 Å². The number of benzene rings is 1. The molecule has 1 rings (SSSR count). The number of hydrogen-bond acceptors (Lipinski definition) is 5. The molecule has 5 nitrogen and oxygen atoms in total. The van der Waals surface area contributed by atoms with Gasteiger partial charge in [0, 0.05) is 6.54 Å². The molecule has 0 aliphatic heterocycles. The molecule has 5 heteroatoms. The molecule has 1 atom stereocenters. The molecule has 0 radical (unpaired) electrons. The van der Waals surface area contributed by atoms with Gasteiger partial charge in [-0.25, -0.2) is 4.79 Å². The molecule has 17 heavy (non-hydrogen) atoms. The largest absolute Gasteiger partial charge is 0.493 e. The molecule has 0 bridgehead atoms. The Morgan fingerprint density at radius 3 is 2.65 bits per heavy atom. The van der Waals surface area contributed by atoms with E-state index in [1.54, 1.807) is 18.2 Å². The van der Waals surface area contributed by atoms with Gasteiger partial charge in [0.1, 0.15) is 11.7 Å². The van der Waals surface area contributed by atoms with Crippen LogP contribution in [0.15, 0.2) is 18.2 Å². The molecular formula is C12H17NO4. The first-order valence-corrected chi connectivity index (χ1v) is 5.26. The fourth-order valence-electron chi connectivity index (χ4n) is 1.32. The van der Waals surface area contributed by atoms with Gasteiger partial charge in [-0.15, -0.1) is 0 Å². The highest BCUT2D eigenvalue weighted by Crippen LogP contribution is 2.32. The van der Waals surface area contributed by atoms with Gasteiger partial charge in [-0.2, -0.15) is 0 Å². The Labute approximate surface area is 100 Å². The molecule has 0 fully saturated rings. The second-order valence-corrected chi connectivity index (χ2v) is 3.49. The Balaban J connectivity index is 3.15. The van der Waals surface area contributed by atoms with Crippen molar-refractivity contribution < 1.29 is 19.0 Å². The van der Waals surface area contributed by atoms with Crippen LogP contribution in [0.2, 0.25) is 0 Å². The zero-order valence-electron chi connectivity index (χ0n) is 10.2. The number of carbonyl (C=O) groups is 1. The first kappa shape index (κ1) is 13.3. The van der Waals surface area contributed by atoms with Crippen molar-refractivity contribution in [3.8, 4) is 11.5 Å². The fourth-order valence-corrected chi connectivity index (χ4v) is 1.32. The molecule has 0 heterocycles. The van der Waals surface area contributed by atoms with Gasteiger partial charge in [0.25, 0.3) is 0 Å². The van der Waals surface area contributed by atoms with Crippen LogP contribution in [-0.4, -0.2) is 32.8 Å². The molecule has 1 aromatic rings. The summed E-state index contributed by atoms with van der Waals surface area (Å²) in [6.45, 7) is 2.16. The summed E-state index contributed by atoms with van der Waals surface area (Å²) in [5.41, 5.74) is 5.81. The lowest BCUT2D eigenvalue weighted by molar-refractivity contribution is 0.0593. The predicted octanol–water partition coefficient (Wildman–Crippen LogP) is 1.21. The van der Waals surface area contributed by atoms with Crippen LogP contribution in [0.4, 0.5) is 0 Å². The lowest BCUT2D eigenvalue weighted by Crippen LogP contribution is -2.24. The van der Waals surface area contributed by atoms with E-state index in [0.717, 1.165) is 0 Å². The Morgan fingerprint density at radius 2 is 2.12 bits per heavy atom. The van der Waals surface area contributed by atoms with Gasteiger partial charge in [0.05, 0.1) is 14.2 Å². The molecule has 0 saturated heterocycles. The summed E-state index contributed by atoms with van der Waals surface area (Å²) in [6.07, 6.45) is -0.213. The average molecular weight is 239 g/mol. The van der Waals surface area contributed by atoms with Crippen LogP contribution >= 0.6 is 0 Å². The minimum atomic E-state index is -0.469. The minimum absolute atomic E-state index is 0.213. The number of methoxy groups -OCH3 is 2. The molecule has 0 aromatic heterocycles. The van der Waals surface area contributed by atoms with Crippen LogP contribution in [0, 0.1) is 0 Å². The monoisotopic (exact) mass is 239 g/mol. The Kier molecular flexibility index (Phi) is 4.78. The van der Waals surface area contributed by atoms with E-state index in [1.165, 1.54) is 14.2 Å². The third kappa shape index (κ3) is 3.10. The minimum Gasteiger partial charge on any atom is -0.493 e. The molecule has 1 aromatic carbocycles. The quantitative estimate of drug-likeness (QED) is 0.782. The van der Waals surface area contributed by atoms with Crippen molar-refractivity contribution >= 4 is 5.97 Å². The number of esters is 1. The number of para-hydroxylation sites is 1. The van der Waals surface area contributed by atoms with Gasteiger partial charge >= 0.3 is 5.97 Å². The van der Waals surface area contributed by atoms with E-state index in [-0.39, 0.29) is 6.10 Å². The third-order valence-corrected chi connectivity index (χ3v) is 2.26. The van der Waals surface area contributed by atoms with Crippen LogP contribution in [-0.2, 0) is 4.74 Å². The van der Waals surface area contributed by atoms with Crippen molar-refractivity contribution in [2.75, 3.05) is 20.8 Å². The molecule has 94 valence electrons. The van der Waals surface area contributed by atoms with Crippen LogP contribution in [0.25, 0.3) is 0 Å². The number of ether oxygens (including phenoxy) is 3. The maximum absolute atomic E-state index is 11.6. The molecule has 0 aliphatic carbocycles. The predicted molar refractivity (Wildman–Crippen MR) is 63.5 cm³/mol. The number of rotatable bonds is 5. The molecule has 0 spiro atoms. The van der Waals surface area contributed by atoms with E-state index >= 15 is 0 Å². The summed E-state index contributed by atoms with van der Waals surface area (Å²) in [7, 11) is 2.83. The molecule has 0 saturated carbocycles. The summed E-state index contributed by atoms with van der Waals surface area (Å²) in [5, 5.41) is 0. The lowest BCUT2D eigenvalue weighted by Gasteiger charge is -2.17. The SMILES string of the molecule is COC(=O)c1cccc(OC)c1OC(C)CN. The highest BCUT2D eigenvalue weighted by atomic mass is 16.5. The smallest absolute Gasteiger partial charge is 0.341 e. The Bertz CT molecular complexity index is 392. The summed E-state index contributed by atoms with van der Waals surface area (Å²) in [6, 6.07) is 5.03. The second kappa shape index (κ2) is 6.10. The summed E-state index contributed by atoms with van der Waals surface area (Å²) in [5.74, 6) is 0.371. The fraction of sp³-hybridized carbons (Fsp3) is 0.417. The standard InChI is InChI=1S/C12H17NO4/c1-8(7-13)17-11-9(12(14)16-3)5-4-6-10(11)15-2/h4-6,8H,7,13H2,1-3H3. The van der Waals surface area contributed by atoms with E-state index in [4.69, 9.17) is 15.2 Å². The van der Waals surface area contributed by atoms with Gasteiger partial charge in [-0.05, 0) is 19.1 Å². The highest BCUT2D eigenvalue weighted by Gasteiger charge is 2.19. The van der Waals surface area contributed by atoms with E-state index in [1.807, 2.05) is 6.92 Å². The topological polar surface area (TPSA) is 70.8 Å². The van der Waals surface area contributed by atoms with Crippen molar-refractivity contribution in [2.24, 2.45) is 5.73 Å². The van der Waals surface area contributed by atoms with Gasteiger partial charge in [-0.3, -0.25) is 0 Å². The third-order valence-electron chi connectivity index (χ3n) is 2.26. The number of carbonyl (C=O) groups excluding carboxylic acids is 1. The van der Waals surface area contributed by atoms with Gasteiger partial charge in [0.15, 0.2) is 11.5 Å². The summed E-state index contributed by atoms with van der Waals surface area (Å²) < 4.78 is 15.4. The van der Waals surface area contributed by atoms with Crippen molar-refractivity contribution in [3.63, 3.8) is 0 Å². The molecular weight excluding hydrogens is 222 g/mol. The van der Waals surface area contributed by atoms with Crippen molar-refractivity contribution in [3.05, 3.63) is 23.8 Å².